The highest BCUT2D eigenvalue weighted by Gasteiger charge is 2.39. The van der Waals surface area contributed by atoms with Crippen molar-refractivity contribution in [2.45, 2.75) is 38.3 Å². The third-order valence-electron chi connectivity index (χ3n) is 4.90. The first-order valence-electron chi connectivity index (χ1n) is 8.82. The zero-order valence-electron chi connectivity index (χ0n) is 14.9. The van der Waals surface area contributed by atoms with Crippen molar-refractivity contribution in [3.63, 3.8) is 0 Å². The largest absolute Gasteiger partial charge is 0.371 e. The number of aromatic nitrogens is 1. The van der Waals surface area contributed by atoms with E-state index in [1.54, 1.807) is 12.3 Å². The number of nitrogens with one attached hydrogen (secondary N) is 1. The van der Waals surface area contributed by atoms with Crippen LogP contribution >= 0.6 is 0 Å². The summed E-state index contributed by atoms with van der Waals surface area (Å²) in [6, 6.07) is 3.79. The van der Waals surface area contributed by atoms with E-state index in [9.17, 15) is 4.79 Å². The average Bonchev–Trinajstić information content (AvgIpc) is 2.58. The molecule has 2 aliphatic heterocycles. The van der Waals surface area contributed by atoms with Crippen molar-refractivity contribution in [3.05, 3.63) is 23.9 Å². The van der Waals surface area contributed by atoms with Gasteiger partial charge in [-0.1, -0.05) is 0 Å². The van der Waals surface area contributed by atoms with Gasteiger partial charge in [0.05, 0.1) is 12.2 Å². The SMILES string of the molecule is CC(C)NC(=O)c1ccnc(N2CCOC3(CCN(C)CC3)C2)c1. The lowest BCUT2D eigenvalue weighted by Gasteiger charge is -2.47. The molecule has 0 radical (unpaired) electrons. The maximum absolute atomic E-state index is 12.2. The Kier molecular flexibility index (Phi) is 5.06. The number of rotatable bonds is 3. The first-order chi connectivity index (χ1) is 11.5. The van der Waals surface area contributed by atoms with Crippen molar-refractivity contribution >= 4 is 11.7 Å². The van der Waals surface area contributed by atoms with E-state index < -0.39 is 0 Å². The van der Waals surface area contributed by atoms with Crippen molar-refractivity contribution in [2.24, 2.45) is 0 Å². The quantitative estimate of drug-likeness (QED) is 0.909. The molecule has 2 fully saturated rings. The third-order valence-corrected chi connectivity index (χ3v) is 4.90. The molecule has 1 spiro atoms. The van der Waals surface area contributed by atoms with Gasteiger partial charge in [-0.05, 0) is 45.9 Å². The number of piperidine rings is 1. The number of amides is 1. The average molecular weight is 332 g/mol. The van der Waals surface area contributed by atoms with E-state index in [1.807, 2.05) is 19.9 Å². The fraction of sp³-hybridized carbons (Fsp3) is 0.667. The second-order valence-electron chi connectivity index (χ2n) is 7.29. The summed E-state index contributed by atoms with van der Waals surface area (Å²) in [5, 5.41) is 2.94. The number of pyridine rings is 1. The molecule has 3 heterocycles. The summed E-state index contributed by atoms with van der Waals surface area (Å²) in [4.78, 5) is 21.3. The maximum Gasteiger partial charge on any atom is 0.251 e. The lowest BCUT2D eigenvalue weighted by molar-refractivity contribution is -0.0884. The summed E-state index contributed by atoms with van der Waals surface area (Å²) < 4.78 is 6.16. The first kappa shape index (κ1) is 17.2. The van der Waals surface area contributed by atoms with Gasteiger partial charge in [-0.2, -0.15) is 0 Å². The standard InChI is InChI=1S/C18H28N4O2/c1-14(2)20-17(23)15-4-7-19-16(12-15)22-10-11-24-18(13-22)5-8-21(3)9-6-18/h4,7,12,14H,5-6,8-11,13H2,1-3H3,(H,20,23). The van der Waals surface area contributed by atoms with Crippen molar-refractivity contribution in [2.75, 3.05) is 44.7 Å². The van der Waals surface area contributed by atoms with E-state index in [-0.39, 0.29) is 17.6 Å². The summed E-state index contributed by atoms with van der Waals surface area (Å²) in [5.41, 5.74) is 0.598. The number of nitrogens with zero attached hydrogens (tertiary/aromatic N) is 3. The minimum absolute atomic E-state index is 0.0455. The minimum Gasteiger partial charge on any atom is -0.371 e. The van der Waals surface area contributed by atoms with Gasteiger partial charge in [-0.3, -0.25) is 4.79 Å². The Labute approximate surface area is 144 Å². The molecule has 1 N–H and O–H groups in total. The number of likely N-dealkylation sites (tertiary alicyclic amines) is 1. The normalized spacial score (nSPS) is 21.2. The van der Waals surface area contributed by atoms with Crippen molar-refractivity contribution in [1.82, 2.24) is 15.2 Å². The minimum atomic E-state index is -0.0668. The van der Waals surface area contributed by atoms with Crippen molar-refractivity contribution in [3.8, 4) is 0 Å². The molecule has 1 aromatic heterocycles. The fourth-order valence-electron chi connectivity index (χ4n) is 3.45. The molecule has 0 saturated carbocycles. The predicted octanol–water partition coefficient (Wildman–Crippen LogP) is 1.52. The van der Waals surface area contributed by atoms with Crippen LogP contribution in [0.25, 0.3) is 0 Å². The molecule has 1 aromatic rings. The van der Waals surface area contributed by atoms with Crippen LogP contribution in [0.2, 0.25) is 0 Å². The number of carbonyl (C=O) groups is 1. The smallest absolute Gasteiger partial charge is 0.251 e. The number of ether oxygens (including phenoxy) is 1. The molecular weight excluding hydrogens is 304 g/mol. The maximum atomic E-state index is 12.2. The van der Waals surface area contributed by atoms with Crippen LogP contribution in [-0.4, -0.2) is 67.3 Å². The number of hydrogen-bond acceptors (Lipinski definition) is 5. The van der Waals surface area contributed by atoms with Crippen LogP contribution in [0, 0.1) is 0 Å². The molecule has 0 aromatic carbocycles. The number of morpholine rings is 1. The molecule has 6 nitrogen and oxygen atoms in total. The molecule has 0 unspecified atom stereocenters. The lowest BCUT2D eigenvalue weighted by Crippen LogP contribution is -2.56. The molecule has 0 atom stereocenters. The second kappa shape index (κ2) is 7.07. The van der Waals surface area contributed by atoms with Crippen LogP contribution in [0.5, 0.6) is 0 Å². The summed E-state index contributed by atoms with van der Waals surface area (Å²) >= 11 is 0. The Morgan fingerprint density at radius 1 is 1.33 bits per heavy atom. The molecular formula is C18H28N4O2. The highest BCUT2D eigenvalue weighted by Crippen LogP contribution is 2.31. The van der Waals surface area contributed by atoms with Crippen LogP contribution in [0.4, 0.5) is 5.82 Å². The molecule has 2 aliphatic rings. The highest BCUT2D eigenvalue weighted by atomic mass is 16.5. The van der Waals surface area contributed by atoms with Gasteiger partial charge >= 0.3 is 0 Å². The summed E-state index contributed by atoms with van der Waals surface area (Å²) in [6.07, 6.45) is 3.82. The predicted molar refractivity (Wildman–Crippen MR) is 94.5 cm³/mol. The molecule has 0 aliphatic carbocycles. The van der Waals surface area contributed by atoms with Gasteiger partial charge in [0, 0.05) is 44.0 Å². The third kappa shape index (κ3) is 3.87. The molecule has 24 heavy (non-hydrogen) atoms. The van der Waals surface area contributed by atoms with Gasteiger partial charge < -0.3 is 19.9 Å². The van der Waals surface area contributed by atoms with Crippen molar-refractivity contribution in [1.29, 1.82) is 0 Å². The Hall–Kier alpha value is -1.66. The summed E-state index contributed by atoms with van der Waals surface area (Å²) in [6.45, 7) is 8.45. The summed E-state index contributed by atoms with van der Waals surface area (Å²) in [7, 11) is 2.16. The van der Waals surface area contributed by atoms with E-state index in [0.29, 0.717) is 12.2 Å². The molecule has 1 amide bonds. The number of anilines is 1. The molecule has 132 valence electrons. The van der Waals surface area contributed by atoms with Crippen LogP contribution in [0.1, 0.15) is 37.0 Å². The van der Waals surface area contributed by atoms with Crippen LogP contribution < -0.4 is 10.2 Å². The summed E-state index contributed by atoms with van der Waals surface area (Å²) in [5.74, 6) is 0.823. The Bertz CT molecular complexity index is 582. The Morgan fingerprint density at radius 2 is 2.08 bits per heavy atom. The zero-order valence-corrected chi connectivity index (χ0v) is 14.9. The number of carbonyl (C=O) groups excluding carboxylic acids is 1. The van der Waals surface area contributed by atoms with Gasteiger partial charge in [0.1, 0.15) is 5.82 Å². The van der Waals surface area contributed by atoms with Gasteiger partial charge in [-0.15, -0.1) is 0 Å². The van der Waals surface area contributed by atoms with E-state index in [0.717, 1.165) is 44.8 Å². The first-order valence-corrected chi connectivity index (χ1v) is 8.82. The van der Waals surface area contributed by atoms with Crippen molar-refractivity contribution < 1.29 is 9.53 Å². The van der Waals surface area contributed by atoms with Crippen LogP contribution in [-0.2, 0) is 4.74 Å². The zero-order chi connectivity index (χ0) is 17.2. The molecule has 0 bridgehead atoms. The molecule has 2 saturated heterocycles. The van der Waals surface area contributed by atoms with E-state index in [1.165, 1.54) is 0 Å². The topological polar surface area (TPSA) is 57.7 Å². The Balaban J connectivity index is 1.73. The van der Waals surface area contributed by atoms with Crippen LogP contribution in [0.3, 0.4) is 0 Å². The van der Waals surface area contributed by atoms with Crippen LogP contribution in [0.15, 0.2) is 18.3 Å². The molecule has 6 heteroatoms. The highest BCUT2D eigenvalue weighted by molar-refractivity contribution is 5.94. The van der Waals surface area contributed by atoms with Gasteiger partial charge in [0.15, 0.2) is 0 Å². The Morgan fingerprint density at radius 3 is 2.79 bits per heavy atom. The van der Waals surface area contributed by atoms with E-state index >= 15 is 0 Å². The fourth-order valence-corrected chi connectivity index (χ4v) is 3.45. The van der Waals surface area contributed by atoms with Gasteiger partial charge in [-0.25, -0.2) is 4.98 Å². The van der Waals surface area contributed by atoms with E-state index in [2.05, 4.69) is 27.1 Å². The second-order valence-corrected chi connectivity index (χ2v) is 7.29. The molecule has 3 rings (SSSR count). The van der Waals surface area contributed by atoms with Gasteiger partial charge in [0.25, 0.3) is 5.91 Å². The lowest BCUT2D eigenvalue weighted by atomic mass is 9.89. The number of hydrogen-bond donors (Lipinski definition) is 1. The van der Waals surface area contributed by atoms with E-state index in [4.69, 9.17) is 4.74 Å². The monoisotopic (exact) mass is 332 g/mol. The van der Waals surface area contributed by atoms with Gasteiger partial charge in [0.2, 0.25) is 0 Å².